The fourth-order valence-corrected chi connectivity index (χ4v) is 4.03. The molecule has 0 saturated carbocycles. The fraction of sp³-hybridized carbons (Fsp3) is 0.304. The zero-order valence-corrected chi connectivity index (χ0v) is 17.7. The highest BCUT2D eigenvalue weighted by Crippen LogP contribution is 2.27. The van der Waals surface area contributed by atoms with Crippen molar-refractivity contribution in [1.82, 2.24) is 4.90 Å². The van der Waals surface area contributed by atoms with Crippen LogP contribution in [0.5, 0.6) is 0 Å². The lowest BCUT2D eigenvalue weighted by Gasteiger charge is -2.20. The van der Waals surface area contributed by atoms with Crippen LogP contribution in [0, 0.1) is 12.7 Å². The Bertz CT molecular complexity index is 1090. The van der Waals surface area contributed by atoms with E-state index in [1.165, 1.54) is 29.3 Å². The van der Waals surface area contributed by atoms with Gasteiger partial charge in [-0.05, 0) is 55.7 Å². The number of hydrogen-bond acceptors (Lipinski definition) is 5. The Morgan fingerprint density at radius 2 is 1.78 bits per heavy atom. The Kier molecular flexibility index (Phi) is 5.89. The third-order valence-electron chi connectivity index (χ3n) is 5.72. The van der Waals surface area contributed by atoms with E-state index in [1.54, 1.807) is 17.0 Å². The van der Waals surface area contributed by atoms with Crippen LogP contribution in [0.3, 0.4) is 0 Å². The maximum absolute atomic E-state index is 13.3. The minimum atomic E-state index is -0.871. The molecule has 9 heteroatoms. The van der Waals surface area contributed by atoms with Crippen LogP contribution in [-0.4, -0.2) is 47.5 Å². The van der Waals surface area contributed by atoms with Crippen LogP contribution in [0.2, 0.25) is 0 Å². The van der Waals surface area contributed by atoms with Gasteiger partial charge >= 0.3 is 0 Å². The molecule has 0 aliphatic carbocycles. The van der Waals surface area contributed by atoms with Gasteiger partial charge in [0, 0.05) is 19.5 Å². The first-order valence-corrected chi connectivity index (χ1v) is 10.5. The fourth-order valence-electron chi connectivity index (χ4n) is 4.03. The monoisotopic (exact) mass is 437 g/mol. The average Bonchev–Trinajstić information content (AvgIpc) is 3.45. The Balaban J connectivity index is 1.59. The second kappa shape index (κ2) is 8.78. The summed E-state index contributed by atoms with van der Waals surface area (Å²) in [5.74, 6) is -1.73. The second-order valence-corrected chi connectivity index (χ2v) is 7.94. The van der Waals surface area contributed by atoms with Crippen molar-refractivity contribution < 1.29 is 18.8 Å². The third kappa shape index (κ3) is 4.18. The molecular formula is C23H24FN5O3. The number of hydrazone groups is 1. The predicted molar refractivity (Wildman–Crippen MR) is 119 cm³/mol. The number of nitrogens with two attached hydrogens (primary N) is 1. The topological polar surface area (TPSA) is 108 Å². The SMILES string of the molecule is Cc1cccc(NC(=O)C2=NN(c3ccc(F)cc3)C(C(N)=O)C2)c1C(=O)N1CCCC1. The largest absolute Gasteiger partial charge is 0.368 e. The summed E-state index contributed by atoms with van der Waals surface area (Å²) in [4.78, 5) is 39.8. The molecule has 2 aliphatic heterocycles. The summed E-state index contributed by atoms with van der Waals surface area (Å²) in [6.07, 6.45) is 1.92. The maximum atomic E-state index is 13.3. The van der Waals surface area contributed by atoms with Crippen molar-refractivity contribution in [2.75, 3.05) is 23.4 Å². The van der Waals surface area contributed by atoms with Gasteiger partial charge in [0.25, 0.3) is 11.8 Å². The van der Waals surface area contributed by atoms with Gasteiger partial charge in [0.1, 0.15) is 17.6 Å². The molecule has 1 unspecified atom stereocenters. The van der Waals surface area contributed by atoms with Gasteiger partial charge in [-0.15, -0.1) is 0 Å². The zero-order chi connectivity index (χ0) is 22.8. The van der Waals surface area contributed by atoms with Crippen LogP contribution in [0.15, 0.2) is 47.6 Å². The van der Waals surface area contributed by atoms with Gasteiger partial charge in [-0.1, -0.05) is 12.1 Å². The number of nitrogens with one attached hydrogen (secondary N) is 1. The molecule has 0 radical (unpaired) electrons. The highest BCUT2D eigenvalue weighted by atomic mass is 19.1. The van der Waals surface area contributed by atoms with Crippen molar-refractivity contribution in [2.24, 2.45) is 10.8 Å². The summed E-state index contributed by atoms with van der Waals surface area (Å²) in [5.41, 5.74) is 7.65. The van der Waals surface area contributed by atoms with Crippen molar-refractivity contribution >= 4 is 34.8 Å². The Labute approximate surface area is 184 Å². The number of rotatable bonds is 5. The highest BCUT2D eigenvalue weighted by molar-refractivity contribution is 6.44. The van der Waals surface area contributed by atoms with E-state index in [4.69, 9.17) is 5.73 Å². The number of aryl methyl sites for hydroxylation is 1. The lowest BCUT2D eigenvalue weighted by molar-refractivity contribution is -0.119. The average molecular weight is 437 g/mol. The van der Waals surface area contributed by atoms with Gasteiger partial charge in [0.2, 0.25) is 5.91 Å². The molecule has 0 spiro atoms. The molecule has 166 valence electrons. The number of nitrogens with zero attached hydrogens (tertiary/aromatic N) is 3. The maximum Gasteiger partial charge on any atom is 0.271 e. The molecule has 2 aliphatic rings. The van der Waals surface area contributed by atoms with Crippen LogP contribution >= 0.6 is 0 Å². The molecular weight excluding hydrogens is 413 g/mol. The summed E-state index contributed by atoms with van der Waals surface area (Å²) in [6, 6.07) is 9.79. The number of carbonyl (C=O) groups excluding carboxylic acids is 3. The van der Waals surface area contributed by atoms with E-state index in [0.717, 1.165) is 18.4 Å². The zero-order valence-electron chi connectivity index (χ0n) is 17.7. The number of halogens is 1. The number of primary amides is 1. The number of likely N-dealkylation sites (tertiary alicyclic amines) is 1. The molecule has 2 aromatic carbocycles. The molecule has 3 amide bonds. The summed E-state index contributed by atoms with van der Waals surface area (Å²) >= 11 is 0. The Morgan fingerprint density at radius 1 is 1.09 bits per heavy atom. The molecule has 2 aromatic rings. The molecule has 3 N–H and O–H groups in total. The summed E-state index contributed by atoms with van der Waals surface area (Å²) in [6.45, 7) is 3.21. The van der Waals surface area contributed by atoms with E-state index in [2.05, 4.69) is 10.4 Å². The van der Waals surface area contributed by atoms with Gasteiger partial charge in [0.05, 0.1) is 16.9 Å². The minimum Gasteiger partial charge on any atom is -0.368 e. The molecule has 1 atom stereocenters. The molecule has 1 fully saturated rings. The standard InChI is InChI=1S/C23H24FN5O3/c1-14-5-4-6-17(20(14)23(32)28-11-2-3-12-28)26-22(31)18-13-19(21(25)30)29(27-18)16-9-7-15(24)8-10-16/h4-10,19H,2-3,11-13H2,1H3,(H2,25,30)(H,26,31). The molecule has 1 saturated heterocycles. The van der Waals surface area contributed by atoms with E-state index in [-0.39, 0.29) is 18.0 Å². The van der Waals surface area contributed by atoms with Crippen molar-refractivity contribution in [1.29, 1.82) is 0 Å². The van der Waals surface area contributed by atoms with E-state index >= 15 is 0 Å². The van der Waals surface area contributed by atoms with Crippen molar-refractivity contribution in [3.8, 4) is 0 Å². The van der Waals surface area contributed by atoms with E-state index < -0.39 is 23.7 Å². The smallest absolute Gasteiger partial charge is 0.271 e. The van der Waals surface area contributed by atoms with Gasteiger partial charge in [-0.25, -0.2) is 4.39 Å². The molecule has 2 heterocycles. The molecule has 0 aromatic heterocycles. The van der Waals surface area contributed by atoms with Crippen LogP contribution in [0.25, 0.3) is 0 Å². The van der Waals surface area contributed by atoms with E-state index in [9.17, 15) is 18.8 Å². The highest BCUT2D eigenvalue weighted by Gasteiger charge is 2.35. The molecule has 32 heavy (non-hydrogen) atoms. The number of amides is 3. The number of hydrogen-bond donors (Lipinski definition) is 2. The quantitative estimate of drug-likeness (QED) is 0.749. The van der Waals surface area contributed by atoms with E-state index in [0.29, 0.717) is 30.0 Å². The van der Waals surface area contributed by atoms with Gasteiger partial charge in [-0.3, -0.25) is 19.4 Å². The first-order chi connectivity index (χ1) is 15.3. The summed E-state index contributed by atoms with van der Waals surface area (Å²) < 4.78 is 13.3. The van der Waals surface area contributed by atoms with Crippen molar-refractivity contribution in [3.63, 3.8) is 0 Å². The lowest BCUT2D eigenvalue weighted by Crippen LogP contribution is -2.39. The molecule has 0 bridgehead atoms. The van der Waals surface area contributed by atoms with Crippen LogP contribution in [-0.2, 0) is 9.59 Å². The molecule has 8 nitrogen and oxygen atoms in total. The Morgan fingerprint density at radius 3 is 2.44 bits per heavy atom. The van der Waals surface area contributed by atoms with Gasteiger partial charge in [0.15, 0.2) is 0 Å². The summed E-state index contributed by atoms with van der Waals surface area (Å²) in [7, 11) is 0. The van der Waals surface area contributed by atoms with Crippen LogP contribution in [0.1, 0.15) is 35.2 Å². The van der Waals surface area contributed by atoms with Crippen molar-refractivity contribution in [2.45, 2.75) is 32.2 Å². The van der Waals surface area contributed by atoms with Crippen LogP contribution in [0.4, 0.5) is 15.8 Å². The molecule has 4 rings (SSSR count). The lowest BCUT2D eigenvalue weighted by atomic mass is 10.0. The van der Waals surface area contributed by atoms with Crippen molar-refractivity contribution in [3.05, 3.63) is 59.4 Å². The normalized spacial score (nSPS) is 17.9. The first kappa shape index (κ1) is 21.5. The first-order valence-electron chi connectivity index (χ1n) is 10.5. The Hall–Kier alpha value is -3.75. The third-order valence-corrected chi connectivity index (χ3v) is 5.72. The number of benzene rings is 2. The minimum absolute atomic E-state index is 0.000235. The van der Waals surface area contributed by atoms with E-state index in [1.807, 2.05) is 13.0 Å². The predicted octanol–water partition coefficient (Wildman–Crippen LogP) is 2.43. The summed E-state index contributed by atoms with van der Waals surface area (Å²) in [5, 5.41) is 8.39. The van der Waals surface area contributed by atoms with Gasteiger partial charge < -0.3 is 16.0 Å². The second-order valence-electron chi connectivity index (χ2n) is 7.94. The number of anilines is 2. The number of carbonyl (C=O) groups is 3. The van der Waals surface area contributed by atoms with Gasteiger partial charge in [-0.2, -0.15) is 5.10 Å². The van der Waals surface area contributed by atoms with Crippen LogP contribution < -0.4 is 16.1 Å².